The van der Waals surface area contributed by atoms with E-state index >= 15 is 0 Å². The Morgan fingerprint density at radius 2 is 2.08 bits per heavy atom. The molecule has 0 saturated heterocycles. The van der Waals surface area contributed by atoms with Crippen molar-refractivity contribution in [3.05, 3.63) is 57.9 Å². The van der Waals surface area contributed by atoms with Gasteiger partial charge in [0.15, 0.2) is 5.76 Å². The molecule has 2 heterocycles. The van der Waals surface area contributed by atoms with Crippen LogP contribution in [0.5, 0.6) is 5.75 Å². The monoisotopic (exact) mass is 355 g/mol. The van der Waals surface area contributed by atoms with Crippen LogP contribution in [0.2, 0.25) is 0 Å². The number of methoxy groups -OCH3 is 1. The zero-order valence-electron chi connectivity index (χ0n) is 15.1. The average molecular weight is 355 g/mol. The molecule has 0 aliphatic carbocycles. The largest absolute Gasteiger partial charge is 0.490 e. The number of hydrogen-bond acceptors (Lipinski definition) is 5. The van der Waals surface area contributed by atoms with E-state index in [1.54, 1.807) is 0 Å². The van der Waals surface area contributed by atoms with E-state index in [2.05, 4.69) is 15.3 Å². The quantitative estimate of drug-likeness (QED) is 0.733. The number of amides is 1. The zero-order chi connectivity index (χ0) is 18.8. The molecule has 0 radical (unpaired) electrons. The lowest BCUT2D eigenvalue weighted by atomic mass is 10.0. The average Bonchev–Trinajstić information content (AvgIpc) is 3.01. The number of ether oxygens (including phenoxy) is 1. The minimum absolute atomic E-state index is 0.0506. The Kier molecular flexibility index (Phi) is 4.79. The molecular formula is C19H21N3O4. The van der Waals surface area contributed by atoms with E-state index in [0.717, 1.165) is 28.9 Å². The summed E-state index contributed by atoms with van der Waals surface area (Å²) in [5.74, 6) is 0.221. The predicted octanol–water partition coefficient (Wildman–Crippen LogP) is 2.96. The Hall–Kier alpha value is -3.09. The predicted molar refractivity (Wildman–Crippen MR) is 97.4 cm³/mol. The fraction of sp³-hybridized carbons (Fsp3) is 0.316. The van der Waals surface area contributed by atoms with Gasteiger partial charge in [0.2, 0.25) is 11.2 Å². The molecule has 1 aromatic carbocycles. The van der Waals surface area contributed by atoms with Crippen molar-refractivity contribution in [2.24, 2.45) is 5.92 Å². The van der Waals surface area contributed by atoms with Crippen LogP contribution in [-0.4, -0.2) is 23.0 Å². The topological polar surface area (TPSA) is 97.2 Å². The van der Waals surface area contributed by atoms with Gasteiger partial charge in [-0.25, -0.2) is 4.98 Å². The first kappa shape index (κ1) is 17.7. The third kappa shape index (κ3) is 3.46. The Balaban J connectivity index is 1.89. The lowest BCUT2D eigenvalue weighted by Gasteiger charge is -2.19. The summed E-state index contributed by atoms with van der Waals surface area (Å²) in [6, 6.07) is 6.69. The van der Waals surface area contributed by atoms with Gasteiger partial charge >= 0.3 is 0 Å². The SMILES string of the molecule is COc1coc(C(=O)N[C@H](c2nc3ccc(C)cc3[nH]2)C(C)C)cc1=O. The molecule has 136 valence electrons. The second-order valence-electron chi connectivity index (χ2n) is 6.51. The zero-order valence-corrected chi connectivity index (χ0v) is 15.1. The molecule has 1 atom stereocenters. The smallest absolute Gasteiger partial charge is 0.287 e. The van der Waals surface area contributed by atoms with Crippen molar-refractivity contribution in [3.8, 4) is 5.75 Å². The molecule has 3 aromatic rings. The number of hydrogen-bond donors (Lipinski definition) is 2. The van der Waals surface area contributed by atoms with Crippen LogP contribution in [0, 0.1) is 12.8 Å². The Morgan fingerprint density at radius 3 is 2.73 bits per heavy atom. The standard InChI is InChI=1S/C19H21N3O4/c1-10(2)17(18-20-12-6-5-11(3)7-13(12)21-18)22-19(24)15-8-14(23)16(25-4)9-26-15/h5-10,17H,1-4H3,(H,20,21)(H,22,24)/t17-/m0/s1. The van der Waals surface area contributed by atoms with Crippen molar-refractivity contribution >= 4 is 16.9 Å². The molecule has 0 unspecified atom stereocenters. The molecule has 2 aromatic heterocycles. The molecule has 2 N–H and O–H groups in total. The third-order valence-corrected chi connectivity index (χ3v) is 4.15. The number of carbonyl (C=O) groups is 1. The van der Waals surface area contributed by atoms with Gasteiger partial charge < -0.3 is 19.5 Å². The minimum atomic E-state index is -0.486. The molecule has 0 saturated carbocycles. The molecule has 1 amide bonds. The van der Waals surface area contributed by atoms with Crippen molar-refractivity contribution in [1.29, 1.82) is 0 Å². The van der Waals surface area contributed by atoms with E-state index in [1.165, 1.54) is 7.11 Å². The minimum Gasteiger partial charge on any atom is -0.490 e. The fourth-order valence-electron chi connectivity index (χ4n) is 2.72. The van der Waals surface area contributed by atoms with Gasteiger partial charge in [0.1, 0.15) is 12.1 Å². The highest BCUT2D eigenvalue weighted by Gasteiger charge is 2.24. The normalized spacial score (nSPS) is 12.3. The molecule has 7 nitrogen and oxygen atoms in total. The third-order valence-electron chi connectivity index (χ3n) is 4.15. The number of carbonyl (C=O) groups excluding carboxylic acids is 1. The van der Waals surface area contributed by atoms with Crippen molar-refractivity contribution in [2.45, 2.75) is 26.8 Å². The van der Waals surface area contributed by atoms with E-state index in [0.29, 0.717) is 5.82 Å². The van der Waals surface area contributed by atoms with Crippen LogP contribution in [0.1, 0.15) is 41.8 Å². The Morgan fingerprint density at radius 1 is 1.31 bits per heavy atom. The number of aromatic nitrogens is 2. The van der Waals surface area contributed by atoms with Crippen molar-refractivity contribution in [2.75, 3.05) is 7.11 Å². The molecule has 0 fully saturated rings. The Labute approximate surface area is 150 Å². The molecule has 0 bridgehead atoms. The number of benzene rings is 1. The summed E-state index contributed by atoms with van der Waals surface area (Å²) < 4.78 is 10.1. The van der Waals surface area contributed by atoms with E-state index < -0.39 is 11.3 Å². The number of fused-ring (bicyclic) bond motifs is 1. The van der Waals surface area contributed by atoms with Crippen molar-refractivity contribution in [3.63, 3.8) is 0 Å². The summed E-state index contributed by atoms with van der Waals surface area (Å²) in [5, 5.41) is 2.88. The van der Waals surface area contributed by atoms with Gasteiger partial charge in [0.25, 0.3) is 5.91 Å². The van der Waals surface area contributed by atoms with Crippen LogP contribution < -0.4 is 15.5 Å². The van der Waals surface area contributed by atoms with Gasteiger partial charge in [0, 0.05) is 6.07 Å². The van der Waals surface area contributed by atoms with Gasteiger partial charge in [0.05, 0.1) is 24.2 Å². The molecule has 26 heavy (non-hydrogen) atoms. The highest BCUT2D eigenvalue weighted by atomic mass is 16.5. The second-order valence-corrected chi connectivity index (χ2v) is 6.51. The highest BCUT2D eigenvalue weighted by Crippen LogP contribution is 2.23. The maximum absolute atomic E-state index is 12.5. The van der Waals surface area contributed by atoms with Crippen molar-refractivity contribution in [1.82, 2.24) is 15.3 Å². The number of aryl methyl sites for hydroxylation is 1. The van der Waals surface area contributed by atoms with Gasteiger partial charge in [-0.15, -0.1) is 0 Å². The number of nitrogens with one attached hydrogen (secondary N) is 2. The molecule has 3 rings (SSSR count). The van der Waals surface area contributed by atoms with Crippen LogP contribution in [0.3, 0.4) is 0 Å². The Bertz CT molecular complexity index is 1000. The lowest BCUT2D eigenvalue weighted by Crippen LogP contribution is -2.33. The summed E-state index contributed by atoms with van der Waals surface area (Å²) in [4.78, 5) is 32.2. The van der Waals surface area contributed by atoms with E-state index in [9.17, 15) is 9.59 Å². The summed E-state index contributed by atoms with van der Waals surface area (Å²) in [6.07, 6.45) is 1.13. The lowest BCUT2D eigenvalue weighted by molar-refractivity contribution is 0.0892. The number of aromatic amines is 1. The van der Waals surface area contributed by atoms with Crippen LogP contribution in [0.25, 0.3) is 11.0 Å². The molecule has 0 aliphatic rings. The van der Waals surface area contributed by atoms with Crippen LogP contribution in [0.4, 0.5) is 0 Å². The summed E-state index contributed by atoms with van der Waals surface area (Å²) in [6.45, 7) is 5.97. The summed E-state index contributed by atoms with van der Waals surface area (Å²) >= 11 is 0. The summed E-state index contributed by atoms with van der Waals surface area (Å²) in [7, 11) is 1.37. The van der Waals surface area contributed by atoms with Gasteiger partial charge in [-0.1, -0.05) is 19.9 Å². The second kappa shape index (κ2) is 7.03. The maximum Gasteiger partial charge on any atom is 0.287 e. The number of rotatable bonds is 5. The molecule has 7 heteroatoms. The van der Waals surface area contributed by atoms with Crippen LogP contribution in [-0.2, 0) is 0 Å². The molecule has 0 aliphatic heterocycles. The first-order valence-electron chi connectivity index (χ1n) is 8.33. The van der Waals surface area contributed by atoms with E-state index in [4.69, 9.17) is 9.15 Å². The number of imidazole rings is 1. The van der Waals surface area contributed by atoms with Crippen LogP contribution in [0.15, 0.2) is 39.7 Å². The van der Waals surface area contributed by atoms with Crippen molar-refractivity contribution < 1.29 is 13.9 Å². The fourth-order valence-corrected chi connectivity index (χ4v) is 2.72. The number of H-pyrrole nitrogens is 1. The first-order chi connectivity index (χ1) is 12.4. The maximum atomic E-state index is 12.5. The van der Waals surface area contributed by atoms with E-state index in [-0.39, 0.29) is 23.5 Å². The van der Waals surface area contributed by atoms with Crippen LogP contribution >= 0.6 is 0 Å². The van der Waals surface area contributed by atoms with E-state index in [1.807, 2.05) is 39.0 Å². The highest BCUT2D eigenvalue weighted by molar-refractivity contribution is 5.91. The molecule has 0 spiro atoms. The molecular weight excluding hydrogens is 334 g/mol. The first-order valence-corrected chi connectivity index (χ1v) is 8.33. The van der Waals surface area contributed by atoms with Gasteiger partial charge in [-0.2, -0.15) is 0 Å². The van der Waals surface area contributed by atoms with Gasteiger partial charge in [-0.05, 0) is 30.5 Å². The summed E-state index contributed by atoms with van der Waals surface area (Å²) in [5.41, 5.74) is 2.46. The van der Waals surface area contributed by atoms with Gasteiger partial charge in [-0.3, -0.25) is 9.59 Å². The number of nitrogens with zero attached hydrogens (tertiary/aromatic N) is 1.